The Bertz CT molecular complexity index is 918. The average Bonchev–Trinajstić information content (AvgIpc) is 3.14. The molecule has 144 valence electrons. The van der Waals surface area contributed by atoms with E-state index in [9.17, 15) is 4.79 Å². The molecule has 10 heteroatoms. The van der Waals surface area contributed by atoms with Crippen LogP contribution in [0.4, 0.5) is 0 Å². The van der Waals surface area contributed by atoms with Crippen LogP contribution >= 0.6 is 20.8 Å². The minimum Gasteiger partial charge on any atom is -0.493 e. The van der Waals surface area contributed by atoms with Crippen LogP contribution in [-0.4, -0.2) is 29.4 Å². The van der Waals surface area contributed by atoms with Crippen LogP contribution < -0.4 is 14.8 Å². The van der Waals surface area contributed by atoms with Gasteiger partial charge in [-0.1, -0.05) is 12.1 Å². The Balaban J connectivity index is 1.34. The summed E-state index contributed by atoms with van der Waals surface area (Å²) in [5.74, 6) is 1.33. The van der Waals surface area contributed by atoms with Gasteiger partial charge in [0, 0.05) is 17.8 Å². The molecule has 1 fully saturated rings. The molecule has 1 N–H and O–H groups in total. The van der Waals surface area contributed by atoms with Gasteiger partial charge in [-0.3, -0.25) is 23.4 Å². The molecule has 0 bridgehead atoms. The van der Waals surface area contributed by atoms with E-state index < -0.39 is 8.60 Å². The number of nitrogens with zero attached hydrogens (tertiary/aromatic N) is 1. The second kappa shape index (κ2) is 8.08. The molecular weight excluding hydrogens is 391 g/mol. The summed E-state index contributed by atoms with van der Waals surface area (Å²) in [5.41, 5.74) is 0.709. The lowest BCUT2D eigenvalue weighted by Gasteiger charge is -2.26. The zero-order valence-electron chi connectivity index (χ0n) is 14.6. The molecule has 0 radical (unpaired) electrons. The molecule has 4 rings (SSSR count). The van der Waals surface area contributed by atoms with Crippen LogP contribution in [0.3, 0.4) is 0 Å². The number of ether oxygens (including phenoxy) is 2. The highest BCUT2D eigenvalue weighted by Gasteiger charge is 2.31. The van der Waals surface area contributed by atoms with E-state index in [1.54, 1.807) is 17.9 Å². The molecule has 2 aromatic rings. The summed E-state index contributed by atoms with van der Waals surface area (Å²) >= 11 is 5.19. The van der Waals surface area contributed by atoms with E-state index in [-0.39, 0.29) is 17.9 Å². The molecule has 0 saturated carbocycles. The minimum absolute atomic E-state index is 0.0995. The molecule has 3 atom stereocenters. The van der Waals surface area contributed by atoms with Gasteiger partial charge in [-0.25, -0.2) is 0 Å². The van der Waals surface area contributed by atoms with Gasteiger partial charge in [-0.2, -0.15) is 0 Å². The van der Waals surface area contributed by atoms with Gasteiger partial charge in [0.2, 0.25) is 0 Å². The number of H-pyrrole nitrogens is 1. The summed E-state index contributed by atoms with van der Waals surface area (Å²) < 4.78 is 30.7. The summed E-state index contributed by atoms with van der Waals surface area (Å²) in [4.78, 5) is 13.9. The van der Waals surface area contributed by atoms with Crippen LogP contribution in [0, 0.1) is 4.77 Å². The number of fused-ring (bicyclic) bond motifs is 1. The number of benzene rings is 1. The lowest BCUT2D eigenvalue weighted by Crippen LogP contribution is -2.19. The second-order valence-corrected chi connectivity index (χ2v) is 7.67. The van der Waals surface area contributed by atoms with Crippen molar-refractivity contribution in [2.24, 2.45) is 0 Å². The molecule has 1 aromatic heterocycles. The highest BCUT2D eigenvalue weighted by atomic mass is 32.1. The SMILES string of the molecule is COc1cccc2c1OP(OCC1CCC(n3ccc(=O)[nH]c3=S)O1)OC2. The number of rotatable bonds is 5. The summed E-state index contributed by atoms with van der Waals surface area (Å²) in [7, 11) is 0.0928. The van der Waals surface area contributed by atoms with Gasteiger partial charge in [0.05, 0.1) is 26.4 Å². The zero-order valence-corrected chi connectivity index (χ0v) is 16.3. The average molecular weight is 410 g/mol. The van der Waals surface area contributed by atoms with Crippen LogP contribution in [0.15, 0.2) is 35.3 Å². The summed E-state index contributed by atoms with van der Waals surface area (Å²) in [6, 6.07) is 7.10. The standard InChI is InChI=1S/C17H19N2O6PS/c1-21-13-4-2-3-11-9-22-26(25-16(11)13)23-10-12-5-6-15(24-12)19-8-7-14(20)18-17(19)27/h2-4,7-8,12,15H,5-6,9-10H2,1H3,(H,18,20,27). The third-order valence-corrected chi connectivity index (χ3v) is 5.73. The van der Waals surface area contributed by atoms with E-state index in [4.69, 9.17) is 35.3 Å². The Morgan fingerprint density at radius 3 is 3.07 bits per heavy atom. The second-order valence-electron chi connectivity index (χ2n) is 6.14. The lowest BCUT2D eigenvalue weighted by atomic mass is 10.2. The molecule has 0 amide bonds. The molecule has 0 aliphatic carbocycles. The predicted octanol–water partition coefficient (Wildman–Crippen LogP) is 3.44. The third kappa shape index (κ3) is 4.07. The first kappa shape index (κ1) is 18.6. The molecule has 0 spiro atoms. The Labute approximate surface area is 162 Å². The number of hydrogen-bond acceptors (Lipinski definition) is 7. The Hall–Kier alpha value is -1.77. The van der Waals surface area contributed by atoms with E-state index in [1.807, 2.05) is 18.2 Å². The van der Waals surface area contributed by atoms with Gasteiger partial charge in [0.25, 0.3) is 5.56 Å². The maximum atomic E-state index is 11.3. The van der Waals surface area contributed by atoms with E-state index in [0.29, 0.717) is 29.5 Å². The van der Waals surface area contributed by atoms with Gasteiger partial charge in [0.15, 0.2) is 16.3 Å². The fourth-order valence-electron chi connectivity index (χ4n) is 3.04. The number of methoxy groups -OCH3 is 1. The highest BCUT2D eigenvalue weighted by Crippen LogP contribution is 2.50. The number of aromatic amines is 1. The summed E-state index contributed by atoms with van der Waals surface area (Å²) in [6.45, 7) is 0.766. The van der Waals surface area contributed by atoms with Crippen LogP contribution in [0.5, 0.6) is 11.5 Å². The Kier molecular flexibility index (Phi) is 5.56. The van der Waals surface area contributed by atoms with Crippen molar-refractivity contribution in [1.82, 2.24) is 9.55 Å². The van der Waals surface area contributed by atoms with Crippen LogP contribution in [0.2, 0.25) is 0 Å². The monoisotopic (exact) mass is 410 g/mol. The normalized spacial score (nSPS) is 24.3. The fourth-order valence-corrected chi connectivity index (χ4v) is 4.39. The van der Waals surface area contributed by atoms with E-state index >= 15 is 0 Å². The Morgan fingerprint density at radius 1 is 1.37 bits per heavy atom. The number of para-hydroxylation sites is 1. The van der Waals surface area contributed by atoms with Gasteiger partial charge in [-0.15, -0.1) is 0 Å². The third-order valence-electron chi connectivity index (χ3n) is 4.38. The molecular formula is C17H19N2O6PS. The first-order valence-corrected chi connectivity index (χ1v) is 10.0. The number of nitrogens with one attached hydrogen (secondary N) is 1. The molecule has 1 aromatic carbocycles. The van der Waals surface area contributed by atoms with Crippen molar-refractivity contribution < 1.29 is 23.0 Å². The first-order valence-electron chi connectivity index (χ1n) is 8.51. The van der Waals surface area contributed by atoms with Gasteiger partial charge in [-0.05, 0) is 31.1 Å². The van der Waals surface area contributed by atoms with Crippen molar-refractivity contribution in [3.63, 3.8) is 0 Å². The summed E-state index contributed by atoms with van der Waals surface area (Å²) in [5, 5.41) is 0. The number of aromatic nitrogens is 2. The van der Waals surface area contributed by atoms with Crippen molar-refractivity contribution in [1.29, 1.82) is 0 Å². The molecule has 3 unspecified atom stereocenters. The van der Waals surface area contributed by atoms with Gasteiger partial charge >= 0.3 is 8.60 Å². The molecule has 2 aliphatic heterocycles. The quantitative estimate of drug-likeness (QED) is 0.597. The number of hydrogen-bond donors (Lipinski definition) is 1. The zero-order chi connectivity index (χ0) is 18.8. The van der Waals surface area contributed by atoms with Crippen molar-refractivity contribution in [3.05, 3.63) is 51.2 Å². The van der Waals surface area contributed by atoms with Crippen LogP contribution in [-0.2, 0) is 20.4 Å². The summed E-state index contributed by atoms with van der Waals surface area (Å²) in [6.07, 6.45) is 2.93. The van der Waals surface area contributed by atoms with Crippen LogP contribution in [0.1, 0.15) is 24.6 Å². The first-order chi connectivity index (χ1) is 13.1. The largest absolute Gasteiger partial charge is 0.493 e. The van der Waals surface area contributed by atoms with E-state index in [0.717, 1.165) is 18.4 Å². The van der Waals surface area contributed by atoms with Gasteiger partial charge < -0.3 is 14.0 Å². The topological polar surface area (TPSA) is 83.9 Å². The maximum Gasteiger partial charge on any atom is 0.397 e. The van der Waals surface area contributed by atoms with Crippen molar-refractivity contribution in [2.45, 2.75) is 31.8 Å². The molecule has 3 heterocycles. The van der Waals surface area contributed by atoms with Crippen molar-refractivity contribution in [2.75, 3.05) is 13.7 Å². The molecule has 2 aliphatic rings. The van der Waals surface area contributed by atoms with Crippen molar-refractivity contribution >= 4 is 20.8 Å². The Morgan fingerprint density at radius 2 is 2.26 bits per heavy atom. The van der Waals surface area contributed by atoms with Crippen LogP contribution in [0.25, 0.3) is 0 Å². The fraction of sp³-hybridized carbons (Fsp3) is 0.412. The van der Waals surface area contributed by atoms with Crippen molar-refractivity contribution in [3.8, 4) is 11.5 Å². The maximum absolute atomic E-state index is 11.3. The van der Waals surface area contributed by atoms with E-state index in [2.05, 4.69) is 4.98 Å². The molecule has 27 heavy (non-hydrogen) atoms. The lowest BCUT2D eigenvalue weighted by molar-refractivity contribution is -0.0220. The smallest absolute Gasteiger partial charge is 0.397 e. The highest BCUT2D eigenvalue weighted by molar-refractivity contribution is 7.71. The van der Waals surface area contributed by atoms with Gasteiger partial charge in [0.1, 0.15) is 6.23 Å². The predicted molar refractivity (Wildman–Crippen MR) is 100 cm³/mol. The molecule has 1 saturated heterocycles. The minimum atomic E-state index is -1.51. The molecule has 8 nitrogen and oxygen atoms in total. The van der Waals surface area contributed by atoms with E-state index in [1.165, 1.54) is 6.07 Å².